The van der Waals surface area contributed by atoms with Gasteiger partial charge in [0.25, 0.3) is 5.91 Å². The molecule has 0 saturated carbocycles. The maximum Gasteiger partial charge on any atom is 0.274 e. The SMILES string of the molecule is Cc1ccc(NC(=O)c2ccc(NCCCN(C)C)cn2)c(C)c1. The maximum atomic E-state index is 12.3. The Balaban J connectivity index is 1.91. The predicted octanol–water partition coefficient (Wildman–Crippen LogP) is 3.31. The molecule has 0 saturated heterocycles. The van der Waals surface area contributed by atoms with E-state index in [9.17, 15) is 4.79 Å². The number of aromatic nitrogens is 1. The molecule has 0 aliphatic rings. The van der Waals surface area contributed by atoms with Gasteiger partial charge in [-0.3, -0.25) is 4.79 Å². The summed E-state index contributed by atoms with van der Waals surface area (Å²) in [4.78, 5) is 18.7. The molecule has 2 rings (SSSR count). The summed E-state index contributed by atoms with van der Waals surface area (Å²) in [7, 11) is 4.12. The largest absolute Gasteiger partial charge is 0.384 e. The van der Waals surface area contributed by atoms with Crippen LogP contribution in [0.25, 0.3) is 0 Å². The van der Waals surface area contributed by atoms with Gasteiger partial charge < -0.3 is 15.5 Å². The number of hydrogen-bond donors (Lipinski definition) is 2. The molecule has 2 N–H and O–H groups in total. The third-order valence-electron chi connectivity index (χ3n) is 3.74. The minimum absolute atomic E-state index is 0.193. The summed E-state index contributed by atoms with van der Waals surface area (Å²) in [6, 6.07) is 9.58. The Morgan fingerprint density at radius 2 is 1.96 bits per heavy atom. The normalized spacial score (nSPS) is 10.7. The Morgan fingerprint density at radius 3 is 2.58 bits per heavy atom. The highest BCUT2D eigenvalue weighted by Crippen LogP contribution is 2.17. The first-order valence-electron chi connectivity index (χ1n) is 8.19. The third kappa shape index (κ3) is 5.35. The van der Waals surface area contributed by atoms with E-state index >= 15 is 0 Å². The van der Waals surface area contributed by atoms with Crippen LogP contribution in [0, 0.1) is 13.8 Å². The van der Waals surface area contributed by atoms with Crippen LogP contribution in [0.2, 0.25) is 0 Å². The molecule has 0 bridgehead atoms. The molecule has 0 aliphatic heterocycles. The minimum atomic E-state index is -0.193. The summed E-state index contributed by atoms with van der Waals surface area (Å²) in [5.41, 5.74) is 4.37. The first kappa shape index (κ1) is 17.9. The molecule has 0 aliphatic carbocycles. The molecule has 24 heavy (non-hydrogen) atoms. The van der Waals surface area contributed by atoms with Gasteiger partial charge in [-0.2, -0.15) is 0 Å². The van der Waals surface area contributed by atoms with E-state index in [1.807, 2.05) is 38.1 Å². The lowest BCUT2D eigenvalue weighted by atomic mass is 10.1. The van der Waals surface area contributed by atoms with Crippen LogP contribution in [0.15, 0.2) is 36.5 Å². The molecule has 128 valence electrons. The Kier molecular flexibility index (Phi) is 6.32. The first-order valence-corrected chi connectivity index (χ1v) is 8.19. The van der Waals surface area contributed by atoms with E-state index < -0.39 is 0 Å². The van der Waals surface area contributed by atoms with E-state index in [1.165, 1.54) is 5.56 Å². The second-order valence-electron chi connectivity index (χ2n) is 6.29. The van der Waals surface area contributed by atoms with E-state index in [-0.39, 0.29) is 5.91 Å². The van der Waals surface area contributed by atoms with Gasteiger partial charge in [0.1, 0.15) is 5.69 Å². The zero-order chi connectivity index (χ0) is 17.5. The molecule has 0 spiro atoms. The van der Waals surface area contributed by atoms with Gasteiger partial charge in [0.15, 0.2) is 0 Å². The van der Waals surface area contributed by atoms with Crippen LogP contribution in [0.5, 0.6) is 0 Å². The summed E-state index contributed by atoms with van der Waals surface area (Å²) in [6.07, 6.45) is 2.76. The number of anilines is 2. The number of amides is 1. The van der Waals surface area contributed by atoms with Crippen LogP contribution in [0.1, 0.15) is 28.0 Å². The van der Waals surface area contributed by atoms with Crippen molar-refractivity contribution >= 4 is 17.3 Å². The van der Waals surface area contributed by atoms with E-state index in [0.29, 0.717) is 5.69 Å². The van der Waals surface area contributed by atoms with Gasteiger partial charge in [-0.15, -0.1) is 0 Å². The zero-order valence-electron chi connectivity index (χ0n) is 14.9. The molecule has 2 aromatic rings. The molecule has 0 radical (unpaired) electrons. The Bertz CT molecular complexity index is 680. The van der Waals surface area contributed by atoms with Crippen molar-refractivity contribution < 1.29 is 4.79 Å². The fraction of sp³-hybridized carbons (Fsp3) is 0.368. The molecule has 0 fully saturated rings. The van der Waals surface area contributed by atoms with E-state index in [4.69, 9.17) is 0 Å². The maximum absolute atomic E-state index is 12.3. The Morgan fingerprint density at radius 1 is 1.17 bits per heavy atom. The van der Waals surface area contributed by atoms with Gasteiger partial charge in [-0.25, -0.2) is 4.98 Å². The van der Waals surface area contributed by atoms with Crippen molar-refractivity contribution in [1.82, 2.24) is 9.88 Å². The molecule has 1 heterocycles. The fourth-order valence-corrected chi connectivity index (χ4v) is 2.40. The van der Waals surface area contributed by atoms with Gasteiger partial charge in [-0.1, -0.05) is 17.7 Å². The van der Waals surface area contributed by atoms with Crippen molar-refractivity contribution in [3.8, 4) is 0 Å². The number of carbonyl (C=O) groups excluding carboxylic acids is 1. The van der Waals surface area contributed by atoms with Gasteiger partial charge in [-0.05, 0) is 64.7 Å². The molecule has 0 atom stereocenters. The number of nitrogens with zero attached hydrogens (tertiary/aromatic N) is 2. The highest BCUT2D eigenvalue weighted by Gasteiger charge is 2.09. The summed E-state index contributed by atoms with van der Waals surface area (Å²) < 4.78 is 0. The molecule has 1 aromatic heterocycles. The van der Waals surface area contributed by atoms with Crippen molar-refractivity contribution in [2.24, 2.45) is 0 Å². The van der Waals surface area contributed by atoms with Crippen molar-refractivity contribution in [2.75, 3.05) is 37.8 Å². The smallest absolute Gasteiger partial charge is 0.274 e. The van der Waals surface area contributed by atoms with Crippen LogP contribution in [0.4, 0.5) is 11.4 Å². The van der Waals surface area contributed by atoms with Crippen LogP contribution in [0.3, 0.4) is 0 Å². The van der Waals surface area contributed by atoms with Crippen molar-refractivity contribution in [1.29, 1.82) is 0 Å². The van der Waals surface area contributed by atoms with E-state index in [2.05, 4.69) is 34.6 Å². The van der Waals surface area contributed by atoms with E-state index in [1.54, 1.807) is 12.3 Å². The van der Waals surface area contributed by atoms with Crippen molar-refractivity contribution in [3.05, 3.63) is 53.3 Å². The molecule has 1 aromatic carbocycles. The average molecular weight is 326 g/mol. The monoisotopic (exact) mass is 326 g/mol. The van der Waals surface area contributed by atoms with Gasteiger partial charge in [0.2, 0.25) is 0 Å². The number of nitrogens with one attached hydrogen (secondary N) is 2. The highest BCUT2D eigenvalue weighted by molar-refractivity contribution is 6.03. The second-order valence-corrected chi connectivity index (χ2v) is 6.29. The van der Waals surface area contributed by atoms with E-state index in [0.717, 1.165) is 36.4 Å². The molecule has 5 heteroatoms. The van der Waals surface area contributed by atoms with Crippen molar-refractivity contribution in [3.63, 3.8) is 0 Å². The van der Waals surface area contributed by atoms with Gasteiger partial charge in [0.05, 0.1) is 11.9 Å². The molecule has 1 amide bonds. The van der Waals surface area contributed by atoms with Gasteiger partial charge >= 0.3 is 0 Å². The topological polar surface area (TPSA) is 57.3 Å². The number of benzene rings is 1. The summed E-state index contributed by atoms with van der Waals surface area (Å²) in [5, 5.41) is 6.22. The van der Waals surface area contributed by atoms with Crippen LogP contribution < -0.4 is 10.6 Å². The lowest BCUT2D eigenvalue weighted by molar-refractivity contribution is 0.102. The third-order valence-corrected chi connectivity index (χ3v) is 3.74. The standard InChI is InChI=1S/C19H26N4O/c1-14-6-8-17(15(2)12-14)22-19(24)18-9-7-16(13-21-18)20-10-5-11-23(3)4/h6-9,12-13,20H,5,10-11H2,1-4H3,(H,22,24). The lowest BCUT2D eigenvalue weighted by Gasteiger charge is -2.11. The molecule has 5 nitrogen and oxygen atoms in total. The summed E-state index contributed by atoms with van der Waals surface area (Å²) >= 11 is 0. The van der Waals surface area contributed by atoms with Crippen LogP contribution in [-0.2, 0) is 0 Å². The number of pyridine rings is 1. The number of carbonyl (C=O) groups is 1. The zero-order valence-corrected chi connectivity index (χ0v) is 14.9. The predicted molar refractivity (Wildman–Crippen MR) is 99.8 cm³/mol. The lowest BCUT2D eigenvalue weighted by Crippen LogP contribution is -2.17. The Hall–Kier alpha value is -2.40. The molecular weight excluding hydrogens is 300 g/mol. The second kappa shape index (κ2) is 8.45. The van der Waals surface area contributed by atoms with Crippen LogP contribution >= 0.6 is 0 Å². The number of hydrogen-bond acceptors (Lipinski definition) is 4. The van der Waals surface area contributed by atoms with Crippen LogP contribution in [-0.4, -0.2) is 43.0 Å². The minimum Gasteiger partial charge on any atom is -0.384 e. The summed E-state index contributed by atoms with van der Waals surface area (Å²) in [6.45, 7) is 5.94. The van der Waals surface area contributed by atoms with Crippen molar-refractivity contribution in [2.45, 2.75) is 20.3 Å². The molecular formula is C19H26N4O. The number of aryl methyl sites for hydroxylation is 2. The Labute approximate surface area is 144 Å². The number of rotatable bonds is 7. The quantitative estimate of drug-likeness (QED) is 0.767. The summed E-state index contributed by atoms with van der Waals surface area (Å²) in [5.74, 6) is -0.193. The first-order chi connectivity index (χ1) is 11.5. The molecule has 0 unspecified atom stereocenters. The fourth-order valence-electron chi connectivity index (χ4n) is 2.40. The highest BCUT2D eigenvalue weighted by atomic mass is 16.1. The van der Waals surface area contributed by atoms with Gasteiger partial charge in [0, 0.05) is 12.2 Å². The average Bonchev–Trinajstić information content (AvgIpc) is 2.54.